The van der Waals surface area contributed by atoms with Gasteiger partial charge in [0, 0.05) is 21.8 Å². The van der Waals surface area contributed by atoms with Crippen LogP contribution in [0, 0.1) is 0 Å². The summed E-state index contributed by atoms with van der Waals surface area (Å²) in [5.74, 6) is -2.30. The fourth-order valence-electron chi connectivity index (χ4n) is 4.21. The van der Waals surface area contributed by atoms with Gasteiger partial charge in [-0.2, -0.15) is 0 Å². The minimum atomic E-state index is -1.30. The number of aromatic carboxylic acids is 1. The molecular weight excluding hydrogens is 524 g/mol. The molecule has 0 bridgehead atoms. The summed E-state index contributed by atoms with van der Waals surface area (Å²) in [7, 11) is 0. The van der Waals surface area contributed by atoms with E-state index in [1.807, 2.05) is 72.8 Å². The first kappa shape index (κ1) is 26.5. The molecule has 8 heteroatoms. The van der Waals surface area contributed by atoms with Crippen molar-refractivity contribution in [1.82, 2.24) is 0 Å². The Labute approximate surface area is 234 Å². The van der Waals surface area contributed by atoms with E-state index in [-0.39, 0.29) is 28.8 Å². The highest BCUT2D eigenvalue weighted by atomic mass is 32.2. The maximum atomic E-state index is 13.4. The largest absolute Gasteiger partial charge is 0.507 e. The minimum absolute atomic E-state index is 0.244. The van der Waals surface area contributed by atoms with Crippen molar-refractivity contribution in [3.05, 3.63) is 132 Å². The summed E-state index contributed by atoms with van der Waals surface area (Å²) in [6, 6.07) is 33.7. The van der Waals surface area contributed by atoms with Crippen molar-refractivity contribution in [1.29, 1.82) is 0 Å². The third kappa shape index (κ3) is 6.14. The summed E-state index contributed by atoms with van der Waals surface area (Å²) in [6.45, 7) is 0. The lowest BCUT2D eigenvalue weighted by Crippen LogP contribution is -2.19. The average molecular weight is 549 g/mol. The molecule has 2 amide bonds. The van der Waals surface area contributed by atoms with Crippen LogP contribution in [0.4, 0.5) is 11.4 Å². The Morgan fingerprint density at radius 1 is 0.675 bits per heavy atom. The van der Waals surface area contributed by atoms with Crippen LogP contribution in [0.2, 0.25) is 0 Å². The first-order valence-electron chi connectivity index (χ1n) is 12.4. The van der Waals surface area contributed by atoms with E-state index in [0.717, 1.165) is 21.2 Å². The van der Waals surface area contributed by atoms with Crippen molar-refractivity contribution in [3.8, 4) is 5.75 Å². The highest BCUT2D eigenvalue weighted by molar-refractivity contribution is 8.00. The van der Waals surface area contributed by atoms with Gasteiger partial charge in [-0.1, -0.05) is 66.7 Å². The number of benzene rings is 5. The molecule has 0 spiro atoms. The van der Waals surface area contributed by atoms with Gasteiger partial charge in [0.15, 0.2) is 0 Å². The number of amides is 2. The Bertz CT molecular complexity index is 1720. The van der Waals surface area contributed by atoms with Crippen molar-refractivity contribution in [2.24, 2.45) is 0 Å². The molecule has 1 atom stereocenters. The summed E-state index contributed by atoms with van der Waals surface area (Å²) in [5.41, 5.74) is 1.80. The highest BCUT2D eigenvalue weighted by Gasteiger charge is 2.23. The van der Waals surface area contributed by atoms with E-state index in [1.54, 1.807) is 24.3 Å². The molecule has 5 aromatic carbocycles. The number of thioether (sulfide) groups is 1. The molecule has 5 aromatic rings. The Kier molecular flexibility index (Phi) is 7.80. The number of carbonyl (C=O) groups is 3. The summed E-state index contributed by atoms with van der Waals surface area (Å²) >= 11 is 1.29. The third-order valence-corrected chi connectivity index (χ3v) is 7.44. The lowest BCUT2D eigenvalue weighted by atomic mass is 10.1. The van der Waals surface area contributed by atoms with E-state index in [9.17, 15) is 24.6 Å². The van der Waals surface area contributed by atoms with Crippen LogP contribution in [0.1, 0.15) is 31.5 Å². The van der Waals surface area contributed by atoms with Crippen LogP contribution < -0.4 is 10.6 Å². The van der Waals surface area contributed by atoms with E-state index in [1.165, 1.54) is 30.0 Å². The Morgan fingerprint density at radius 2 is 1.40 bits per heavy atom. The molecular formula is C32H24N2O5S. The van der Waals surface area contributed by atoms with Gasteiger partial charge in [0.2, 0.25) is 5.91 Å². The van der Waals surface area contributed by atoms with Gasteiger partial charge in [-0.15, -0.1) is 11.8 Å². The van der Waals surface area contributed by atoms with Gasteiger partial charge in [0.05, 0.1) is 0 Å². The molecule has 0 aliphatic heterocycles. The SMILES string of the molecule is O=C(Nc1cccc(SC(C(=O)Nc2ccc(O)c(C(=O)O)c2)c2ccccc2)c1)c1ccc2ccccc2c1. The number of carboxylic acids is 1. The smallest absolute Gasteiger partial charge is 0.339 e. The first-order valence-corrected chi connectivity index (χ1v) is 13.2. The van der Waals surface area contributed by atoms with Gasteiger partial charge in [-0.05, 0) is 64.9 Å². The molecule has 0 fully saturated rings. The number of rotatable bonds is 8. The third-order valence-electron chi connectivity index (χ3n) is 6.19. The van der Waals surface area contributed by atoms with Crippen molar-refractivity contribution < 1.29 is 24.6 Å². The second-order valence-electron chi connectivity index (χ2n) is 8.98. The zero-order chi connectivity index (χ0) is 28.1. The number of anilines is 2. The monoisotopic (exact) mass is 548 g/mol. The molecule has 0 aliphatic rings. The molecule has 5 rings (SSSR count). The Balaban J connectivity index is 1.36. The molecule has 7 nitrogen and oxygen atoms in total. The fraction of sp³-hybridized carbons (Fsp3) is 0.0312. The lowest BCUT2D eigenvalue weighted by Gasteiger charge is -2.18. The van der Waals surface area contributed by atoms with Crippen LogP contribution >= 0.6 is 11.8 Å². The molecule has 1 unspecified atom stereocenters. The maximum Gasteiger partial charge on any atom is 0.339 e. The van der Waals surface area contributed by atoms with Crippen molar-refractivity contribution in [2.45, 2.75) is 10.1 Å². The fourth-order valence-corrected chi connectivity index (χ4v) is 5.29. The number of carboxylic acid groups (broad SMARTS) is 1. The molecule has 0 saturated heterocycles. The summed E-state index contributed by atoms with van der Waals surface area (Å²) < 4.78 is 0. The Morgan fingerprint density at radius 3 is 2.17 bits per heavy atom. The van der Waals surface area contributed by atoms with Crippen LogP contribution in [0.15, 0.2) is 120 Å². The molecule has 4 N–H and O–H groups in total. The summed E-state index contributed by atoms with van der Waals surface area (Å²) in [5, 5.41) is 26.1. The molecule has 0 radical (unpaired) electrons. The molecule has 0 saturated carbocycles. The number of phenols is 1. The molecule has 0 heterocycles. The molecule has 0 aromatic heterocycles. The van der Waals surface area contributed by atoms with E-state index in [0.29, 0.717) is 11.3 Å². The molecule has 198 valence electrons. The van der Waals surface area contributed by atoms with Gasteiger partial charge in [0.1, 0.15) is 16.6 Å². The topological polar surface area (TPSA) is 116 Å². The average Bonchev–Trinajstić information content (AvgIpc) is 2.97. The second kappa shape index (κ2) is 11.8. The van der Waals surface area contributed by atoms with Crippen LogP contribution in [0.25, 0.3) is 10.8 Å². The first-order chi connectivity index (χ1) is 19.4. The van der Waals surface area contributed by atoms with Crippen LogP contribution in [-0.4, -0.2) is 28.0 Å². The van der Waals surface area contributed by atoms with E-state index in [2.05, 4.69) is 10.6 Å². The zero-order valence-corrected chi connectivity index (χ0v) is 21.9. The normalized spacial score (nSPS) is 11.5. The quantitative estimate of drug-likeness (QED) is 0.123. The molecule has 0 aliphatic carbocycles. The van der Waals surface area contributed by atoms with E-state index in [4.69, 9.17) is 0 Å². The van der Waals surface area contributed by atoms with E-state index >= 15 is 0 Å². The molecule has 40 heavy (non-hydrogen) atoms. The van der Waals surface area contributed by atoms with Crippen LogP contribution in [0.5, 0.6) is 5.75 Å². The zero-order valence-electron chi connectivity index (χ0n) is 21.1. The standard InChI is InChI=1S/C32H24N2O5S/c35-28-16-15-25(19-27(28)32(38)39)34-31(37)29(21-8-2-1-3-9-21)40-26-12-6-11-24(18-26)33-30(36)23-14-13-20-7-4-5-10-22(20)17-23/h1-19,29,35H,(H,33,36)(H,34,37)(H,38,39). The van der Waals surface area contributed by atoms with Gasteiger partial charge < -0.3 is 20.8 Å². The highest BCUT2D eigenvalue weighted by Crippen LogP contribution is 2.37. The van der Waals surface area contributed by atoms with Crippen molar-refractivity contribution in [2.75, 3.05) is 10.6 Å². The maximum absolute atomic E-state index is 13.4. The number of hydrogen-bond acceptors (Lipinski definition) is 5. The predicted molar refractivity (Wildman–Crippen MR) is 157 cm³/mol. The van der Waals surface area contributed by atoms with Crippen LogP contribution in [-0.2, 0) is 4.79 Å². The predicted octanol–water partition coefficient (Wildman–Crippen LogP) is 6.97. The number of aromatic hydroxyl groups is 1. The van der Waals surface area contributed by atoms with Gasteiger partial charge in [-0.25, -0.2) is 4.79 Å². The van der Waals surface area contributed by atoms with Gasteiger partial charge in [-0.3, -0.25) is 9.59 Å². The summed E-state index contributed by atoms with van der Waals surface area (Å²) in [6.07, 6.45) is 0. The second-order valence-corrected chi connectivity index (χ2v) is 10.2. The van der Waals surface area contributed by atoms with E-state index < -0.39 is 11.2 Å². The number of fused-ring (bicyclic) bond motifs is 1. The van der Waals surface area contributed by atoms with Gasteiger partial charge in [0.25, 0.3) is 5.91 Å². The Hall–Kier alpha value is -5.08. The number of nitrogens with one attached hydrogen (secondary N) is 2. The lowest BCUT2D eigenvalue weighted by molar-refractivity contribution is -0.115. The van der Waals surface area contributed by atoms with Crippen LogP contribution in [0.3, 0.4) is 0 Å². The summed E-state index contributed by atoms with van der Waals surface area (Å²) in [4.78, 5) is 38.6. The minimum Gasteiger partial charge on any atom is -0.507 e. The van der Waals surface area contributed by atoms with Gasteiger partial charge >= 0.3 is 5.97 Å². The number of hydrogen-bond donors (Lipinski definition) is 4. The van der Waals surface area contributed by atoms with Crippen molar-refractivity contribution >= 4 is 51.7 Å². The van der Waals surface area contributed by atoms with Crippen molar-refractivity contribution in [3.63, 3.8) is 0 Å². The number of carbonyl (C=O) groups excluding carboxylic acids is 2.